The summed E-state index contributed by atoms with van der Waals surface area (Å²) in [6, 6.07) is 23.5. The maximum absolute atomic E-state index is 10.9. The Kier molecular flexibility index (Phi) is 7.46. The molecule has 3 aromatic rings. The second-order valence-corrected chi connectivity index (χ2v) is 8.65. The normalized spacial score (nSPS) is 15.7. The Labute approximate surface area is 206 Å². The zero-order valence-corrected chi connectivity index (χ0v) is 20.2. The summed E-state index contributed by atoms with van der Waals surface area (Å²) in [6.07, 6.45) is 7.92. The van der Waals surface area contributed by atoms with E-state index in [1.54, 1.807) is 6.08 Å². The molecular formula is C30H31N3O2. The van der Waals surface area contributed by atoms with E-state index in [2.05, 4.69) is 71.7 Å². The highest BCUT2D eigenvalue weighted by Crippen LogP contribution is 2.39. The van der Waals surface area contributed by atoms with Gasteiger partial charge >= 0.3 is 5.97 Å². The summed E-state index contributed by atoms with van der Waals surface area (Å²) >= 11 is 0. The molecule has 3 N–H and O–H groups in total. The highest BCUT2D eigenvalue weighted by Gasteiger charge is 2.29. The van der Waals surface area contributed by atoms with Gasteiger partial charge in [-0.05, 0) is 64.4 Å². The first-order valence-corrected chi connectivity index (χ1v) is 11.9. The van der Waals surface area contributed by atoms with Crippen molar-refractivity contribution in [2.75, 3.05) is 18.5 Å². The van der Waals surface area contributed by atoms with E-state index in [4.69, 9.17) is 10.5 Å². The van der Waals surface area contributed by atoms with Gasteiger partial charge in [0.1, 0.15) is 0 Å². The molecule has 178 valence electrons. The van der Waals surface area contributed by atoms with Gasteiger partial charge in [-0.1, -0.05) is 61.5 Å². The van der Waals surface area contributed by atoms with E-state index in [0.29, 0.717) is 0 Å². The van der Waals surface area contributed by atoms with Gasteiger partial charge in [0.25, 0.3) is 0 Å². The van der Waals surface area contributed by atoms with Gasteiger partial charge in [-0.25, -0.2) is 4.79 Å². The lowest BCUT2D eigenvalue weighted by atomic mass is 9.85. The smallest absolute Gasteiger partial charge is 0.328 e. The maximum Gasteiger partial charge on any atom is 0.328 e. The summed E-state index contributed by atoms with van der Waals surface area (Å²) in [5.41, 5.74) is 8.93. The van der Waals surface area contributed by atoms with Gasteiger partial charge in [0.2, 0.25) is 0 Å². The molecule has 1 atom stereocenters. The van der Waals surface area contributed by atoms with Crippen molar-refractivity contribution >= 4 is 29.5 Å². The lowest BCUT2D eigenvalue weighted by Crippen LogP contribution is -2.36. The molecule has 3 aromatic carbocycles. The van der Waals surface area contributed by atoms with E-state index in [-0.39, 0.29) is 6.04 Å². The van der Waals surface area contributed by atoms with E-state index in [1.165, 1.54) is 28.6 Å². The molecule has 1 aliphatic heterocycles. The Bertz CT molecular complexity index is 1260. The van der Waals surface area contributed by atoms with E-state index in [1.807, 2.05) is 25.4 Å². The topological polar surface area (TPSA) is 76.4 Å². The third-order valence-electron chi connectivity index (χ3n) is 6.51. The number of nitrogens with one attached hydrogen (secondary N) is 2. The molecule has 0 aromatic heterocycles. The first-order valence-electron chi connectivity index (χ1n) is 11.9. The van der Waals surface area contributed by atoms with Crippen LogP contribution in [0.5, 0.6) is 0 Å². The number of rotatable bonds is 8. The molecule has 5 nitrogen and oxygen atoms in total. The molecule has 0 saturated carbocycles. The Morgan fingerprint density at radius 3 is 2.49 bits per heavy atom. The first-order chi connectivity index (χ1) is 17.0. The van der Waals surface area contributed by atoms with Crippen molar-refractivity contribution in [3.8, 4) is 0 Å². The average Bonchev–Trinajstić information content (AvgIpc) is 2.90. The second kappa shape index (κ2) is 10.9. The van der Waals surface area contributed by atoms with Gasteiger partial charge in [0, 0.05) is 43.3 Å². The van der Waals surface area contributed by atoms with Crippen LogP contribution < -0.4 is 10.2 Å². The zero-order valence-electron chi connectivity index (χ0n) is 20.2. The second-order valence-electron chi connectivity index (χ2n) is 8.65. The van der Waals surface area contributed by atoms with Crippen molar-refractivity contribution in [2.45, 2.75) is 25.8 Å². The zero-order chi connectivity index (χ0) is 24.8. The van der Waals surface area contributed by atoms with Crippen LogP contribution in [-0.4, -0.2) is 30.9 Å². The van der Waals surface area contributed by atoms with Crippen molar-refractivity contribution in [2.24, 2.45) is 0 Å². The van der Waals surface area contributed by atoms with Crippen LogP contribution >= 0.6 is 0 Å². The minimum Gasteiger partial charge on any atom is -0.478 e. The van der Waals surface area contributed by atoms with Crippen LogP contribution in [-0.2, 0) is 17.6 Å². The number of aliphatic carboxylic acids is 1. The summed E-state index contributed by atoms with van der Waals surface area (Å²) in [5.74, 6) is -0.954. The van der Waals surface area contributed by atoms with Crippen LogP contribution in [0.3, 0.4) is 0 Å². The molecule has 0 bridgehead atoms. The first kappa shape index (κ1) is 24.0. The van der Waals surface area contributed by atoms with Crippen molar-refractivity contribution < 1.29 is 9.90 Å². The molecular weight excluding hydrogens is 434 g/mol. The lowest BCUT2D eigenvalue weighted by Gasteiger charge is -2.40. The van der Waals surface area contributed by atoms with Gasteiger partial charge < -0.3 is 20.7 Å². The molecule has 1 unspecified atom stereocenters. The summed E-state index contributed by atoms with van der Waals surface area (Å²) in [5, 5.41) is 19.8. The third kappa shape index (κ3) is 5.35. The monoisotopic (exact) mass is 465 g/mol. The fourth-order valence-corrected chi connectivity index (χ4v) is 4.69. The van der Waals surface area contributed by atoms with Gasteiger partial charge in [0.15, 0.2) is 0 Å². The molecule has 0 spiro atoms. The number of benzene rings is 3. The highest BCUT2D eigenvalue weighted by molar-refractivity contribution is 6.08. The van der Waals surface area contributed by atoms with E-state index >= 15 is 0 Å². The minimum absolute atomic E-state index is 0.0366. The molecule has 0 saturated heterocycles. The molecule has 0 amide bonds. The lowest BCUT2D eigenvalue weighted by molar-refractivity contribution is -0.131. The van der Waals surface area contributed by atoms with E-state index in [0.717, 1.165) is 47.7 Å². The molecule has 35 heavy (non-hydrogen) atoms. The fraction of sp³-hybridized carbons (Fsp3) is 0.200. The molecule has 1 aliphatic rings. The van der Waals surface area contributed by atoms with E-state index in [9.17, 15) is 4.79 Å². The number of hydrogen-bond acceptors (Lipinski definition) is 4. The number of carbonyl (C=O) groups is 1. The summed E-state index contributed by atoms with van der Waals surface area (Å²) in [7, 11) is 1.84. The number of fused-ring (bicyclic) bond motifs is 1. The summed E-state index contributed by atoms with van der Waals surface area (Å²) < 4.78 is 0. The molecule has 5 heteroatoms. The van der Waals surface area contributed by atoms with Crippen LogP contribution in [0.2, 0.25) is 0 Å². The van der Waals surface area contributed by atoms with Crippen molar-refractivity contribution in [1.29, 1.82) is 5.41 Å². The maximum atomic E-state index is 10.9. The number of aryl methyl sites for hydroxylation is 1. The number of carboxylic acids is 1. The van der Waals surface area contributed by atoms with Crippen LogP contribution in [0.4, 0.5) is 5.69 Å². The fourth-order valence-electron chi connectivity index (χ4n) is 4.69. The SMILES string of the molecule is CCc1ccc(N2CCc3cc(/C(C=N)=C/NC)ccc3C2c2ccc(/C=C/C(=O)O)cc2)cc1. The molecule has 1 heterocycles. The predicted molar refractivity (Wildman–Crippen MR) is 144 cm³/mol. The minimum atomic E-state index is -0.954. The van der Waals surface area contributed by atoms with Crippen molar-refractivity contribution in [3.63, 3.8) is 0 Å². The van der Waals surface area contributed by atoms with Gasteiger partial charge in [-0.15, -0.1) is 0 Å². The van der Waals surface area contributed by atoms with Crippen LogP contribution in [0.1, 0.15) is 46.3 Å². The van der Waals surface area contributed by atoms with Crippen LogP contribution in [0, 0.1) is 5.41 Å². The molecule has 0 radical (unpaired) electrons. The molecule has 0 fully saturated rings. The number of anilines is 1. The van der Waals surface area contributed by atoms with Gasteiger partial charge in [-0.3, -0.25) is 0 Å². The Morgan fingerprint density at radius 2 is 1.86 bits per heavy atom. The number of allylic oxidation sites excluding steroid dienone is 1. The van der Waals surface area contributed by atoms with Crippen molar-refractivity contribution in [1.82, 2.24) is 5.32 Å². The third-order valence-corrected chi connectivity index (χ3v) is 6.51. The van der Waals surface area contributed by atoms with Gasteiger partial charge in [-0.2, -0.15) is 0 Å². The van der Waals surface area contributed by atoms with Crippen LogP contribution in [0.25, 0.3) is 11.6 Å². The number of hydrogen-bond donors (Lipinski definition) is 3. The van der Waals surface area contributed by atoms with Crippen LogP contribution in [0.15, 0.2) is 79.0 Å². The molecule has 4 rings (SSSR count). The summed E-state index contributed by atoms with van der Waals surface area (Å²) in [6.45, 7) is 3.04. The number of carboxylic acid groups (broad SMARTS) is 1. The number of nitrogens with zero attached hydrogens (tertiary/aromatic N) is 1. The Morgan fingerprint density at radius 1 is 1.11 bits per heavy atom. The molecule has 0 aliphatic carbocycles. The summed E-state index contributed by atoms with van der Waals surface area (Å²) in [4.78, 5) is 13.3. The average molecular weight is 466 g/mol. The van der Waals surface area contributed by atoms with Crippen molar-refractivity contribution in [3.05, 3.63) is 112 Å². The highest BCUT2D eigenvalue weighted by atomic mass is 16.4. The standard InChI is InChI=1S/C30H31N3O2/c1-3-21-6-12-27(13-7-21)33-17-16-25-18-24(26(19-31)20-32-2)11-14-28(25)30(33)23-9-4-22(5-10-23)8-15-29(34)35/h4-15,18-20,30-32H,3,16-17H2,1-2H3,(H,34,35)/b15-8+,26-20+,31-19?. The van der Waals surface area contributed by atoms with E-state index < -0.39 is 5.97 Å². The quantitative estimate of drug-likeness (QED) is 0.294. The Balaban J connectivity index is 1.78. The Hall–Kier alpha value is -4.12. The van der Waals surface area contributed by atoms with Gasteiger partial charge in [0.05, 0.1) is 6.04 Å². The predicted octanol–water partition coefficient (Wildman–Crippen LogP) is 5.71. The largest absolute Gasteiger partial charge is 0.478 e.